The Kier molecular flexibility index (Phi) is 7.46. The number of aromatic nitrogens is 2. The summed E-state index contributed by atoms with van der Waals surface area (Å²) in [6.45, 7) is 3.61. The normalized spacial score (nSPS) is 16.0. The van der Waals surface area contributed by atoms with E-state index >= 15 is 0 Å². The Morgan fingerprint density at radius 3 is 2.73 bits per heavy atom. The number of piperidine rings is 1. The second kappa shape index (κ2) is 10.5. The Morgan fingerprint density at radius 2 is 2.03 bits per heavy atom. The van der Waals surface area contributed by atoms with Crippen LogP contribution >= 0.6 is 23.1 Å². The molecule has 2 aromatic heterocycles. The van der Waals surface area contributed by atoms with Gasteiger partial charge in [0.25, 0.3) is 5.56 Å². The van der Waals surface area contributed by atoms with Crippen LogP contribution in [0, 0.1) is 0 Å². The van der Waals surface area contributed by atoms with E-state index in [2.05, 4.69) is 15.3 Å². The number of nitrogens with two attached hydrogens (primary N) is 1. The zero-order valence-corrected chi connectivity index (χ0v) is 20.0. The number of likely N-dealkylation sites (tertiary alicyclic amines) is 1. The number of aromatic amines is 1. The molecule has 1 fully saturated rings. The summed E-state index contributed by atoms with van der Waals surface area (Å²) >= 11 is 2.90. The van der Waals surface area contributed by atoms with Gasteiger partial charge in [0.2, 0.25) is 11.8 Å². The third kappa shape index (κ3) is 5.82. The average molecular weight is 486 g/mol. The number of primary amides is 1. The van der Waals surface area contributed by atoms with Crippen molar-refractivity contribution in [3.63, 3.8) is 0 Å². The number of nitrogens with zero attached hydrogens (tertiary/aromatic N) is 2. The summed E-state index contributed by atoms with van der Waals surface area (Å²) in [5, 5.41) is 5.39. The molecule has 0 saturated carbocycles. The number of thiophene rings is 1. The highest BCUT2D eigenvalue weighted by Gasteiger charge is 2.24. The van der Waals surface area contributed by atoms with Gasteiger partial charge in [-0.25, -0.2) is 4.98 Å². The lowest BCUT2D eigenvalue weighted by Crippen LogP contribution is -2.48. The van der Waals surface area contributed by atoms with Crippen LogP contribution in [0.15, 0.2) is 40.5 Å². The van der Waals surface area contributed by atoms with Crippen LogP contribution in [0.4, 0.5) is 0 Å². The molecule has 1 unspecified atom stereocenters. The maximum atomic E-state index is 12.8. The Balaban J connectivity index is 1.33. The van der Waals surface area contributed by atoms with Crippen LogP contribution in [0.25, 0.3) is 21.3 Å². The van der Waals surface area contributed by atoms with Crippen LogP contribution in [0.2, 0.25) is 0 Å². The van der Waals surface area contributed by atoms with Gasteiger partial charge in [-0.3, -0.25) is 19.3 Å². The van der Waals surface area contributed by atoms with Crippen LogP contribution < -0.4 is 16.6 Å². The van der Waals surface area contributed by atoms with Crippen molar-refractivity contribution in [1.82, 2.24) is 20.2 Å². The molecule has 1 atom stereocenters. The van der Waals surface area contributed by atoms with Crippen molar-refractivity contribution in [1.29, 1.82) is 0 Å². The van der Waals surface area contributed by atoms with Gasteiger partial charge >= 0.3 is 0 Å². The number of hydrogen-bond acceptors (Lipinski definition) is 7. The van der Waals surface area contributed by atoms with Crippen molar-refractivity contribution in [3.05, 3.63) is 51.9 Å². The van der Waals surface area contributed by atoms with E-state index < -0.39 is 0 Å². The molecule has 0 spiro atoms. The lowest BCUT2D eigenvalue weighted by Gasteiger charge is -2.32. The smallest absolute Gasteiger partial charge is 0.260 e. The predicted molar refractivity (Wildman–Crippen MR) is 133 cm³/mol. The van der Waals surface area contributed by atoms with Gasteiger partial charge in [-0.1, -0.05) is 30.3 Å². The number of carbonyl (C=O) groups excluding carboxylic acids is 2. The highest BCUT2D eigenvalue weighted by molar-refractivity contribution is 7.99. The minimum absolute atomic E-state index is 0.0285. The van der Waals surface area contributed by atoms with Crippen molar-refractivity contribution in [2.24, 2.45) is 5.73 Å². The first-order valence-electron chi connectivity index (χ1n) is 10.9. The van der Waals surface area contributed by atoms with E-state index in [-0.39, 0.29) is 35.2 Å². The molecule has 1 aliphatic rings. The third-order valence-corrected chi connectivity index (χ3v) is 7.76. The first-order chi connectivity index (χ1) is 15.9. The summed E-state index contributed by atoms with van der Waals surface area (Å²) in [5.41, 5.74) is 6.97. The van der Waals surface area contributed by atoms with Gasteiger partial charge in [0.05, 0.1) is 22.9 Å². The summed E-state index contributed by atoms with van der Waals surface area (Å²) in [6, 6.07) is 9.89. The molecule has 1 saturated heterocycles. The molecule has 0 radical (unpaired) electrons. The molecule has 4 N–H and O–H groups in total. The van der Waals surface area contributed by atoms with Gasteiger partial charge in [-0.15, -0.1) is 23.1 Å². The number of carbonyl (C=O) groups is 2. The van der Waals surface area contributed by atoms with Gasteiger partial charge in [0.15, 0.2) is 0 Å². The van der Waals surface area contributed by atoms with Crippen LogP contribution in [-0.2, 0) is 15.3 Å². The van der Waals surface area contributed by atoms with Gasteiger partial charge in [-0.2, -0.15) is 0 Å². The summed E-state index contributed by atoms with van der Waals surface area (Å²) < 4.78 is 0. The summed E-state index contributed by atoms with van der Waals surface area (Å²) in [6.07, 6.45) is 1.59. The number of rotatable bonds is 8. The van der Waals surface area contributed by atoms with Gasteiger partial charge in [-0.05, 0) is 25.3 Å². The average Bonchev–Trinajstić information content (AvgIpc) is 3.23. The van der Waals surface area contributed by atoms with E-state index in [0.717, 1.165) is 37.1 Å². The zero-order chi connectivity index (χ0) is 23.4. The predicted octanol–water partition coefficient (Wildman–Crippen LogP) is 2.34. The third-order valence-electron chi connectivity index (χ3n) is 5.73. The molecule has 33 heavy (non-hydrogen) atoms. The first kappa shape index (κ1) is 23.5. The number of fused-ring (bicyclic) bond motifs is 1. The van der Waals surface area contributed by atoms with E-state index in [9.17, 15) is 14.4 Å². The van der Waals surface area contributed by atoms with Gasteiger partial charge in [0, 0.05) is 30.1 Å². The number of H-pyrrole nitrogens is 1. The van der Waals surface area contributed by atoms with E-state index in [1.54, 1.807) is 0 Å². The van der Waals surface area contributed by atoms with E-state index in [1.807, 2.05) is 47.5 Å². The number of thioether (sulfide) groups is 1. The van der Waals surface area contributed by atoms with Crippen LogP contribution in [0.3, 0.4) is 0 Å². The fourth-order valence-corrected chi connectivity index (χ4v) is 5.68. The SMILES string of the molecule is CC(SCc1nc2scc(-c3ccccc3)c2c(=O)[nH]1)C(=O)NC1CCN(CC(N)=O)CC1. The maximum absolute atomic E-state index is 12.8. The van der Waals surface area contributed by atoms with Crippen molar-refractivity contribution in [2.45, 2.75) is 36.8 Å². The van der Waals surface area contributed by atoms with E-state index in [1.165, 1.54) is 23.1 Å². The molecule has 0 aliphatic carbocycles. The molecule has 2 amide bonds. The summed E-state index contributed by atoms with van der Waals surface area (Å²) in [5.74, 6) is 0.652. The van der Waals surface area contributed by atoms with Crippen molar-refractivity contribution in [3.8, 4) is 11.1 Å². The minimum Gasteiger partial charge on any atom is -0.369 e. The molecule has 10 heteroatoms. The van der Waals surface area contributed by atoms with Crippen LogP contribution in [0.1, 0.15) is 25.6 Å². The Labute approximate surface area is 200 Å². The molecular formula is C23H27N5O3S2. The fraction of sp³-hybridized carbons (Fsp3) is 0.391. The Hall–Kier alpha value is -2.69. The molecule has 174 valence electrons. The molecule has 8 nitrogen and oxygen atoms in total. The minimum atomic E-state index is -0.328. The molecule has 0 bridgehead atoms. The zero-order valence-electron chi connectivity index (χ0n) is 18.4. The summed E-state index contributed by atoms with van der Waals surface area (Å²) in [7, 11) is 0. The Bertz CT molecular complexity index is 1190. The molecule has 3 aromatic rings. The Morgan fingerprint density at radius 1 is 1.30 bits per heavy atom. The second-order valence-electron chi connectivity index (χ2n) is 8.19. The quantitative estimate of drug-likeness (QED) is 0.450. The standard InChI is InChI=1S/C23H27N5O3S2/c1-14(21(30)25-16-7-9-28(10-8-16)11-18(24)29)32-13-19-26-22(31)20-17(12-33-23(20)27-19)15-5-3-2-4-6-15/h2-6,12,14,16H,7-11,13H2,1H3,(H2,24,29)(H,25,30)(H,26,27,31). The molecule has 3 heterocycles. The molecule has 1 aliphatic heterocycles. The molecule has 1 aromatic carbocycles. The number of hydrogen-bond donors (Lipinski definition) is 3. The highest BCUT2D eigenvalue weighted by atomic mass is 32.2. The monoisotopic (exact) mass is 485 g/mol. The molecular weight excluding hydrogens is 458 g/mol. The topological polar surface area (TPSA) is 121 Å². The second-order valence-corrected chi connectivity index (χ2v) is 10.4. The highest BCUT2D eigenvalue weighted by Crippen LogP contribution is 2.30. The van der Waals surface area contributed by atoms with Gasteiger partial charge < -0.3 is 16.0 Å². The maximum Gasteiger partial charge on any atom is 0.260 e. The van der Waals surface area contributed by atoms with E-state index in [0.29, 0.717) is 21.8 Å². The molecule has 4 rings (SSSR count). The van der Waals surface area contributed by atoms with Crippen molar-refractivity contribution < 1.29 is 9.59 Å². The number of benzene rings is 1. The first-order valence-corrected chi connectivity index (χ1v) is 12.8. The summed E-state index contributed by atoms with van der Waals surface area (Å²) in [4.78, 5) is 46.7. The largest absolute Gasteiger partial charge is 0.369 e. The van der Waals surface area contributed by atoms with Crippen molar-refractivity contribution in [2.75, 3.05) is 19.6 Å². The van der Waals surface area contributed by atoms with Crippen molar-refractivity contribution >= 4 is 45.1 Å². The fourth-order valence-electron chi connectivity index (χ4n) is 3.95. The lowest BCUT2D eigenvalue weighted by atomic mass is 10.0. The van der Waals surface area contributed by atoms with E-state index in [4.69, 9.17) is 5.73 Å². The lowest BCUT2D eigenvalue weighted by molar-refractivity contribution is -0.122. The number of nitrogens with one attached hydrogen (secondary N) is 2. The number of amides is 2. The van der Waals surface area contributed by atoms with Gasteiger partial charge in [0.1, 0.15) is 10.7 Å². The van der Waals surface area contributed by atoms with Crippen LogP contribution in [-0.4, -0.2) is 57.6 Å². The van der Waals surface area contributed by atoms with Crippen LogP contribution in [0.5, 0.6) is 0 Å².